The Morgan fingerprint density at radius 3 is 2.72 bits per heavy atom. The van der Waals surface area contributed by atoms with E-state index in [2.05, 4.69) is 20.1 Å². The van der Waals surface area contributed by atoms with Crippen LogP contribution in [0, 0.1) is 0 Å². The highest BCUT2D eigenvalue weighted by molar-refractivity contribution is 5.99. The molecule has 0 spiro atoms. The van der Waals surface area contributed by atoms with Crippen LogP contribution in [0.3, 0.4) is 0 Å². The van der Waals surface area contributed by atoms with Crippen molar-refractivity contribution >= 4 is 5.91 Å². The van der Waals surface area contributed by atoms with Gasteiger partial charge in [-0.1, -0.05) is 49.6 Å². The first kappa shape index (κ1) is 12.4. The van der Waals surface area contributed by atoms with Gasteiger partial charge in [-0.2, -0.15) is 0 Å². The summed E-state index contributed by atoms with van der Waals surface area (Å²) in [6.45, 7) is 10.1. The number of hydrogen-bond acceptors (Lipinski definition) is 1. The van der Waals surface area contributed by atoms with Gasteiger partial charge < -0.3 is 4.90 Å². The van der Waals surface area contributed by atoms with Crippen LogP contribution >= 0.6 is 0 Å². The fourth-order valence-corrected chi connectivity index (χ4v) is 2.30. The first-order chi connectivity index (χ1) is 8.69. The molecule has 2 nitrogen and oxygen atoms in total. The molecule has 0 fully saturated rings. The zero-order valence-corrected chi connectivity index (χ0v) is 10.6. The molecule has 1 atom stereocenters. The van der Waals surface area contributed by atoms with Crippen LogP contribution in [0.15, 0.2) is 61.2 Å². The van der Waals surface area contributed by atoms with E-state index in [-0.39, 0.29) is 11.9 Å². The predicted molar refractivity (Wildman–Crippen MR) is 74.4 cm³/mol. The van der Waals surface area contributed by atoms with Crippen LogP contribution < -0.4 is 0 Å². The minimum Gasteiger partial charge on any atom is -0.328 e. The van der Waals surface area contributed by atoms with E-state index >= 15 is 0 Å². The normalized spacial score (nSPS) is 18.7. The average molecular weight is 239 g/mol. The first-order valence-electron chi connectivity index (χ1n) is 6.03. The van der Waals surface area contributed by atoms with Crippen LogP contribution in [0.25, 0.3) is 0 Å². The van der Waals surface area contributed by atoms with Gasteiger partial charge in [0, 0.05) is 12.1 Å². The molecule has 0 radical (unpaired) electrons. The first-order valence-corrected chi connectivity index (χ1v) is 6.03. The highest BCUT2D eigenvalue weighted by Crippen LogP contribution is 2.33. The molecule has 2 heteroatoms. The summed E-state index contributed by atoms with van der Waals surface area (Å²) in [7, 11) is 0. The van der Waals surface area contributed by atoms with Crippen LogP contribution in [-0.2, 0) is 0 Å². The van der Waals surface area contributed by atoms with Crippen molar-refractivity contribution in [2.75, 3.05) is 6.54 Å². The van der Waals surface area contributed by atoms with Gasteiger partial charge in [0.1, 0.15) is 0 Å². The minimum atomic E-state index is 0.0925. The molecular weight excluding hydrogens is 222 g/mol. The van der Waals surface area contributed by atoms with Gasteiger partial charge in [-0.15, -0.1) is 0 Å². The smallest absolute Gasteiger partial charge is 0.255 e. The summed E-state index contributed by atoms with van der Waals surface area (Å²) in [6, 6.07) is 7.89. The van der Waals surface area contributed by atoms with Crippen molar-refractivity contribution in [3.8, 4) is 0 Å². The number of rotatable bonds is 4. The van der Waals surface area contributed by atoms with E-state index in [9.17, 15) is 4.79 Å². The Morgan fingerprint density at radius 2 is 2.11 bits per heavy atom. The zero-order valence-electron chi connectivity index (χ0n) is 10.6. The molecular formula is C16H17NO. The molecule has 0 saturated heterocycles. The van der Waals surface area contributed by atoms with Gasteiger partial charge >= 0.3 is 0 Å². The minimum absolute atomic E-state index is 0.0925. The van der Waals surface area contributed by atoms with E-state index in [1.54, 1.807) is 12.2 Å². The monoisotopic (exact) mass is 239 g/mol. The van der Waals surface area contributed by atoms with Crippen LogP contribution in [-0.4, -0.2) is 17.4 Å². The lowest BCUT2D eigenvalue weighted by atomic mass is 10.1. The average Bonchev–Trinajstić information content (AvgIpc) is 2.64. The van der Waals surface area contributed by atoms with Crippen molar-refractivity contribution in [3.63, 3.8) is 0 Å². The number of benzene rings is 1. The third-order valence-electron chi connectivity index (χ3n) is 3.32. The Bertz CT molecular complexity index is 528. The van der Waals surface area contributed by atoms with Crippen molar-refractivity contribution in [1.29, 1.82) is 0 Å². The fourth-order valence-electron chi connectivity index (χ4n) is 2.30. The predicted octanol–water partition coefficient (Wildman–Crippen LogP) is 3.50. The number of amides is 1. The lowest BCUT2D eigenvalue weighted by molar-refractivity contribution is 0.0756. The van der Waals surface area contributed by atoms with E-state index < -0.39 is 0 Å². The summed E-state index contributed by atoms with van der Waals surface area (Å²) in [5, 5.41) is 0. The van der Waals surface area contributed by atoms with Crippen molar-refractivity contribution < 1.29 is 4.79 Å². The van der Waals surface area contributed by atoms with Gasteiger partial charge in [-0.3, -0.25) is 4.79 Å². The summed E-state index contributed by atoms with van der Waals surface area (Å²) in [6.07, 6.45) is 5.37. The molecule has 1 amide bonds. The quantitative estimate of drug-likeness (QED) is 0.736. The maximum atomic E-state index is 12.3. The summed E-state index contributed by atoms with van der Waals surface area (Å²) in [5.41, 5.74) is 2.91. The van der Waals surface area contributed by atoms with Gasteiger partial charge in [0.15, 0.2) is 0 Å². The lowest BCUT2D eigenvalue weighted by Gasteiger charge is -2.22. The van der Waals surface area contributed by atoms with Gasteiger partial charge in [0.2, 0.25) is 0 Å². The summed E-state index contributed by atoms with van der Waals surface area (Å²) >= 11 is 0. The largest absolute Gasteiger partial charge is 0.328 e. The maximum Gasteiger partial charge on any atom is 0.255 e. The lowest BCUT2D eigenvalue weighted by Crippen LogP contribution is -2.28. The number of hydrogen-bond donors (Lipinski definition) is 0. The van der Waals surface area contributed by atoms with Crippen molar-refractivity contribution in [1.82, 2.24) is 4.90 Å². The van der Waals surface area contributed by atoms with Gasteiger partial charge in [-0.05, 0) is 24.1 Å². The molecule has 0 saturated carbocycles. The molecule has 1 aliphatic heterocycles. The number of nitrogens with zero attached hydrogens (tertiary/aromatic N) is 1. The van der Waals surface area contributed by atoms with E-state index in [1.807, 2.05) is 35.2 Å². The third-order valence-corrected chi connectivity index (χ3v) is 3.32. The topological polar surface area (TPSA) is 20.3 Å². The third kappa shape index (κ3) is 2.02. The SMILES string of the molecule is C=C/C=C(\C=C)CN1C(=O)c2ccccc2C1C. The second-order valence-electron chi connectivity index (χ2n) is 4.38. The van der Waals surface area contributed by atoms with Gasteiger partial charge in [0.25, 0.3) is 5.91 Å². The van der Waals surface area contributed by atoms with E-state index in [0.29, 0.717) is 6.54 Å². The zero-order chi connectivity index (χ0) is 13.1. The second-order valence-corrected chi connectivity index (χ2v) is 4.38. The summed E-state index contributed by atoms with van der Waals surface area (Å²) in [5.74, 6) is 0.0925. The Balaban J connectivity index is 2.28. The van der Waals surface area contributed by atoms with Crippen molar-refractivity contribution in [2.45, 2.75) is 13.0 Å². The molecule has 18 heavy (non-hydrogen) atoms. The van der Waals surface area contributed by atoms with Gasteiger partial charge in [-0.25, -0.2) is 0 Å². The molecule has 0 aliphatic carbocycles. The standard InChI is InChI=1S/C16H17NO/c1-4-8-13(5-2)11-17-12(3)14-9-6-7-10-15(14)16(17)18/h4-10,12H,1-2,11H2,3H3/b13-8+. The molecule has 0 N–H and O–H groups in total. The fraction of sp³-hybridized carbons (Fsp3) is 0.188. The summed E-state index contributed by atoms with van der Waals surface area (Å²) < 4.78 is 0. The van der Waals surface area contributed by atoms with Crippen LogP contribution in [0.4, 0.5) is 0 Å². The maximum absolute atomic E-state index is 12.3. The molecule has 1 aromatic rings. The Hall–Kier alpha value is -2.09. The summed E-state index contributed by atoms with van der Waals surface area (Å²) in [4.78, 5) is 14.2. The Labute approximate surface area is 108 Å². The number of carbonyl (C=O) groups is 1. The number of carbonyl (C=O) groups excluding carboxylic acids is 1. The van der Waals surface area contributed by atoms with E-state index in [0.717, 1.165) is 16.7 Å². The molecule has 1 heterocycles. The molecule has 1 aliphatic rings. The van der Waals surface area contributed by atoms with Crippen LogP contribution in [0.5, 0.6) is 0 Å². The van der Waals surface area contributed by atoms with Crippen molar-refractivity contribution in [2.24, 2.45) is 0 Å². The van der Waals surface area contributed by atoms with Crippen LogP contribution in [0.1, 0.15) is 28.9 Å². The molecule has 2 rings (SSSR count). The van der Waals surface area contributed by atoms with E-state index in [4.69, 9.17) is 0 Å². The number of fused-ring (bicyclic) bond motifs is 1. The highest BCUT2D eigenvalue weighted by atomic mass is 16.2. The highest BCUT2D eigenvalue weighted by Gasteiger charge is 2.33. The molecule has 92 valence electrons. The van der Waals surface area contributed by atoms with Gasteiger partial charge in [0.05, 0.1) is 6.04 Å². The molecule has 0 bridgehead atoms. The molecule has 1 aromatic carbocycles. The number of allylic oxidation sites excluding steroid dienone is 2. The molecule has 1 unspecified atom stereocenters. The van der Waals surface area contributed by atoms with Crippen LogP contribution in [0.2, 0.25) is 0 Å². The Kier molecular flexibility index (Phi) is 3.47. The van der Waals surface area contributed by atoms with Crippen molar-refractivity contribution in [3.05, 3.63) is 72.4 Å². The van der Waals surface area contributed by atoms with E-state index in [1.165, 1.54) is 0 Å². The molecule has 0 aromatic heterocycles. The second kappa shape index (κ2) is 5.05. The Morgan fingerprint density at radius 1 is 1.39 bits per heavy atom.